The molecule has 1 unspecified atom stereocenters. The minimum absolute atomic E-state index is 0.0716. The Kier molecular flexibility index (Phi) is 3.58. The molecular weight excluding hydrogens is 249 g/mol. The Bertz CT molecular complexity index is 608. The lowest BCUT2D eigenvalue weighted by atomic mass is 9.68. The fourth-order valence-corrected chi connectivity index (χ4v) is 3.34. The van der Waals surface area contributed by atoms with Crippen LogP contribution in [-0.4, -0.2) is 6.54 Å². The first-order valence-electron chi connectivity index (χ1n) is 7.22. The average molecular weight is 269 g/mol. The highest BCUT2D eigenvalue weighted by atomic mass is 19.1. The molecule has 0 amide bonds. The summed E-state index contributed by atoms with van der Waals surface area (Å²) in [6.45, 7) is 0.651. The molecule has 2 aromatic carbocycles. The van der Waals surface area contributed by atoms with Gasteiger partial charge in [0.15, 0.2) is 0 Å². The Morgan fingerprint density at radius 2 is 1.85 bits per heavy atom. The van der Waals surface area contributed by atoms with Crippen molar-refractivity contribution in [2.45, 2.75) is 25.7 Å². The van der Waals surface area contributed by atoms with Crippen molar-refractivity contribution >= 4 is 0 Å². The smallest absolute Gasteiger partial charge is 0.123 e. The molecule has 0 heterocycles. The first kappa shape index (κ1) is 13.3. The van der Waals surface area contributed by atoms with Crippen molar-refractivity contribution in [3.8, 4) is 0 Å². The molecule has 0 aromatic heterocycles. The van der Waals surface area contributed by atoms with Gasteiger partial charge in [-0.15, -0.1) is 0 Å². The summed E-state index contributed by atoms with van der Waals surface area (Å²) in [7, 11) is 0. The zero-order valence-corrected chi connectivity index (χ0v) is 11.6. The first-order chi connectivity index (χ1) is 9.71. The number of aryl methyl sites for hydroxylation is 1. The van der Waals surface area contributed by atoms with E-state index in [-0.39, 0.29) is 11.2 Å². The Balaban J connectivity index is 1.86. The maximum Gasteiger partial charge on any atom is 0.123 e. The molecule has 104 valence electrons. The van der Waals surface area contributed by atoms with Crippen LogP contribution in [0.3, 0.4) is 0 Å². The van der Waals surface area contributed by atoms with Crippen molar-refractivity contribution in [3.05, 3.63) is 71.0 Å². The molecule has 2 aromatic rings. The third kappa shape index (κ3) is 2.61. The van der Waals surface area contributed by atoms with Gasteiger partial charge in [-0.25, -0.2) is 4.39 Å². The number of rotatable bonds is 3. The molecule has 0 radical (unpaired) electrons. The van der Waals surface area contributed by atoms with Gasteiger partial charge >= 0.3 is 0 Å². The van der Waals surface area contributed by atoms with E-state index in [4.69, 9.17) is 5.73 Å². The van der Waals surface area contributed by atoms with E-state index in [0.717, 1.165) is 31.2 Å². The van der Waals surface area contributed by atoms with Crippen LogP contribution in [0.1, 0.15) is 23.1 Å². The average Bonchev–Trinajstić information content (AvgIpc) is 2.47. The standard InChI is InChI=1S/C18H20FN/c19-17-7-3-4-14(10-17)11-18(13-20)9-8-15-5-1-2-6-16(15)12-18/h1-7,10H,8-9,11-13,20H2. The Morgan fingerprint density at radius 1 is 1.05 bits per heavy atom. The predicted molar refractivity (Wildman–Crippen MR) is 80.1 cm³/mol. The van der Waals surface area contributed by atoms with Crippen molar-refractivity contribution in [3.63, 3.8) is 0 Å². The Labute approximate surface area is 119 Å². The van der Waals surface area contributed by atoms with Gasteiger partial charge in [0.1, 0.15) is 5.82 Å². The van der Waals surface area contributed by atoms with Gasteiger partial charge in [0.25, 0.3) is 0 Å². The molecule has 2 heteroatoms. The Hall–Kier alpha value is -1.67. The maximum atomic E-state index is 13.4. The van der Waals surface area contributed by atoms with Gasteiger partial charge < -0.3 is 5.73 Å². The highest BCUT2D eigenvalue weighted by Crippen LogP contribution is 2.37. The fourth-order valence-electron chi connectivity index (χ4n) is 3.34. The van der Waals surface area contributed by atoms with Crippen LogP contribution in [-0.2, 0) is 19.3 Å². The molecule has 0 bridgehead atoms. The number of nitrogens with two attached hydrogens (primary N) is 1. The first-order valence-corrected chi connectivity index (χ1v) is 7.22. The number of fused-ring (bicyclic) bond motifs is 1. The fraction of sp³-hybridized carbons (Fsp3) is 0.333. The third-order valence-corrected chi connectivity index (χ3v) is 4.51. The third-order valence-electron chi connectivity index (χ3n) is 4.51. The van der Waals surface area contributed by atoms with Crippen LogP contribution in [0.5, 0.6) is 0 Å². The zero-order chi connectivity index (χ0) is 14.0. The molecule has 0 fully saturated rings. The van der Waals surface area contributed by atoms with E-state index in [1.807, 2.05) is 6.07 Å². The van der Waals surface area contributed by atoms with Crippen LogP contribution in [0.25, 0.3) is 0 Å². The molecule has 20 heavy (non-hydrogen) atoms. The van der Waals surface area contributed by atoms with E-state index in [1.165, 1.54) is 17.2 Å². The molecule has 0 saturated heterocycles. The van der Waals surface area contributed by atoms with Gasteiger partial charge in [-0.05, 0) is 66.5 Å². The van der Waals surface area contributed by atoms with Crippen LogP contribution < -0.4 is 5.73 Å². The van der Waals surface area contributed by atoms with Gasteiger partial charge in [0.05, 0.1) is 0 Å². The van der Waals surface area contributed by atoms with E-state index in [9.17, 15) is 4.39 Å². The zero-order valence-electron chi connectivity index (χ0n) is 11.6. The van der Waals surface area contributed by atoms with Gasteiger partial charge in [-0.3, -0.25) is 0 Å². The SMILES string of the molecule is NCC1(Cc2cccc(F)c2)CCc2ccccc2C1. The topological polar surface area (TPSA) is 26.0 Å². The molecule has 2 N–H and O–H groups in total. The molecule has 1 atom stereocenters. The van der Waals surface area contributed by atoms with Crippen LogP contribution >= 0.6 is 0 Å². The largest absolute Gasteiger partial charge is 0.330 e. The molecular formula is C18H20FN. The van der Waals surface area contributed by atoms with Gasteiger partial charge in [-0.2, -0.15) is 0 Å². The second-order valence-corrected chi connectivity index (χ2v) is 5.96. The van der Waals surface area contributed by atoms with Crippen molar-refractivity contribution < 1.29 is 4.39 Å². The van der Waals surface area contributed by atoms with Gasteiger partial charge in [-0.1, -0.05) is 36.4 Å². The highest BCUT2D eigenvalue weighted by Gasteiger charge is 2.33. The molecule has 1 aliphatic rings. The normalized spacial score (nSPS) is 21.5. The van der Waals surface area contributed by atoms with Crippen molar-refractivity contribution in [1.29, 1.82) is 0 Å². The summed E-state index contributed by atoms with van der Waals surface area (Å²) < 4.78 is 13.4. The van der Waals surface area contributed by atoms with E-state index in [0.29, 0.717) is 6.54 Å². The highest BCUT2D eigenvalue weighted by molar-refractivity contribution is 5.32. The number of hydrogen-bond donors (Lipinski definition) is 1. The monoisotopic (exact) mass is 269 g/mol. The lowest BCUT2D eigenvalue weighted by Gasteiger charge is -2.37. The number of hydrogen-bond acceptors (Lipinski definition) is 1. The minimum atomic E-state index is -0.161. The summed E-state index contributed by atoms with van der Waals surface area (Å²) in [5.74, 6) is -0.161. The van der Waals surface area contributed by atoms with Crippen molar-refractivity contribution in [2.24, 2.45) is 11.1 Å². The van der Waals surface area contributed by atoms with Crippen LogP contribution in [0.2, 0.25) is 0 Å². The summed E-state index contributed by atoms with van der Waals surface area (Å²) in [4.78, 5) is 0. The van der Waals surface area contributed by atoms with E-state index in [2.05, 4.69) is 24.3 Å². The van der Waals surface area contributed by atoms with Gasteiger partial charge in [0.2, 0.25) is 0 Å². The van der Waals surface area contributed by atoms with Crippen LogP contribution in [0.4, 0.5) is 4.39 Å². The molecule has 1 nitrogen and oxygen atoms in total. The second-order valence-electron chi connectivity index (χ2n) is 5.96. The van der Waals surface area contributed by atoms with Crippen molar-refractivity contribution in [2.75, 3.05) is 6.54 Å². The summed E-state index contributed by atoms with van der Waals surface area (Å²) in [5, 5.41) is 0. The minimum Gasteiger partial charge on any atom is -0.330 e. The number of benzene rings is 2. The molecule has 1 aliphatic carbocycles. The van der Waals surface area contributed by atoms with Gasteiger partial charge in [0, 0.05) is 0 Å². The molecule has 3 rings (SSSR count). The quantitative estimate of drug-likeness (QED) is 0.906. The summed E-state index contributed by atoms with van der Waals surface area (Å²) >= 11 is 0. The van der Waals surface area contributed by atoms with Crippen molar-refractivity contribution in [1.82, 2.24) is 0 Å². The van der Waals surface area contributed by atoms with E-state index < -0.39 is 0 Å². The number of halogens is 1. The second kappa shape index (κ2) is 5.37. The summed E-state index contributed by atoms with van der Waals surface area (Å²) in [6, 6.07) is 15.5. The lowest BCUT2D eigenvalue weighted by molar-refractivity contribution is 0.253. The molecule has 0 aliphatic heterocycles. The van der Waals surface area contributed by atoms with Crippen LogP contribution in [0, 0.1) is 11.2 Å². The van der Waals surface area contributed by atoms with Crippen LogP contribution in [0.15, 0.2) is 48.5 Å². The predicted octanol–water partition coefficient (Wildman–Crippen LogP) is 3.50. The maximum absolute atomic E-state index is 13.4. The van der Waals surface area contributed by atoms with E-state index in [1.54, 1.807) is 12.1 Å². The van der Waals surface area contributed by atoms with E-state index >= 15 is 0 Å². The summed E-state index contributed by atoms with van der Waals surface area (Å²) in [6.07, 6.45) is 4.01. The summed E-state index contributed by atoms with van der Waals surface area (Å²) in [5.41, 5.74) is 10.1. The Morgan fingerprint density at radius 3 is 2.60 bits per heavy atom. The molecule has 0 spiro atoms. The lowest BCUT2D eigenvalue weighted by Crippen LogP contribution is -2.38. The molecule has 0 saturated carbocycles.